The van der Waals surface area contributed by atoms with Crippen LogP contribution in [0.15, 0.2) is 28.7 Å². The monoisotopic (exact) mass is 353 g/mol. The average molecular weight is 354 g/mol. The zero-order chi connectivity index (χ0) is 15.1. The highest BCUT2D eigenvalue weighted by Crippen LogP contribution is 2.38. The summed E-state index contributed by atoms with van der Waals surface area (Å²) in [5.41, 5.74) is 1.40. The number of benzene rings is 1. The first-order valence-electron chi connectivity index (χ1n) is 8.32. The van der Waals surface area contributed by atoms with Crippen LogP contribution >= 0.6 is 15.9 Å². The molecule has 0 aromatic heterocycles. The van der Waals surface area contributed by atoms with Crippen molar-refractivity contribution in [3.05, 3.63) is 34.3 Å². The molecule has 1 atom stereocenters. The Bertz CT molecular complexity index is 429. The molecule has 0 amide bonds. The third kappa shape index (κ3) is 4.30. The van der Waals surface area contributed by atoms with Crippen LogP contribution in [0.5, 0.6) is 0 Å². The van der Waals surface area contributed by atoms with Gasteiger partial charge in [0.25, 0.3) is 0 Å². The van der Waals surface area contributed by atoms with Gasteiger partial charge >= 0.3 is 0 Å². The van der Waals surface area contributed by atoms with Crippen LogP contribution in [-0.2, 0) is 11.2 Å². The van der Waals surface area contributed by atoms with Crippen LogP contribution in [0.3, 0.4) is 0 Å². The lowest BCUT2D eigenvalue weighted by atomic mass is 9.87. The summed E-state index contributed by atoms with van der Waals surface area (Å²) in [6.45, 7) is 6.21. The second-order valence-electron chi connectivity index (χ2n) is 6.01. The Morgan fingerprint density at radius 1 is 1.24 bits per heavy atom. The van der Waals surface area contributed by atoms with E-state index in [0.717, 1.165) is 26.0 Å². The topological polar surface area (TPSA) is 21.3 Å². The normalized spacial score (nSPS) is 18.8. The van der Waals surface area contributed by atoms with Gasteiger partial charge in [0.2, 0.25) is 0 Å². The van der Waals surface area contributed by atoms with Crippen molar-refractivity contribution in [3.63, 3.8) is 0 Å². The van der Waals surface area contributed by atoms with E-state index in [-0.39, 0.29) is 5.60 Å². The van der Waals surface area contributed by atoms with Crippen molar-refractivity contribution in [1.82, 2.24) is 5.32 Å². The van der Waals surface area contributed by atoms with E-state index in [1.54, 1.807) is 0 Å². The van der Waals surface area contributed by atoms with Gasteiger partial charge in [-0.1, -0.05) is 53.9 Å². The lowest BCUT2D eigenvalue weighted by Gasteiger charge is -2.38. The van der Waals surface area contributed by atoms with Gasteiger partial charge in [-0.2, -0.15) is 0 Å². The van der Waals surface area contributed by atoms with E-state index in [2.05, 4.69) is 59.4 Å². The minimum Gasteiger partial charge on any atom is -0.374 e. The summed E-state index contributed by atoms with van der Waals surface area (Å²) in [5.74, 6) is 0. The van der Waals surface area contributed by atoms with Gasteiger partial charge in [0, 0.05) is 17.1 Å². The van der Waals surface area contributed by atoms with Gasteiger partial charge in [-0.25, -0.2) is 0 Å². The SMILES string of the molecule is CCCNC(Cc1ccccc1Br)C1(OCC)CCCC1. The number of hydrogen-bond donors (Lipinski definition) is 1. The van der Waals surface area contributed by atoms with E-state index < -0.39 is 0 Å². The maximum atomic E-state index is 6.28. The summed E-state index contributed by atoms with van der Waals surface area (Å²) in [6, 6.07) is 8.96. The molecule has 1 saturated carbocycles. The van der Waals surface area contributed by atoms with E-state index in [1.165, 1.54) is 35.7 Å². The van der Waals surface area contributed by atoms with Gasteiger partial charge in [-0.15, -0.1) is 0 Å². The predicted molar refractivity (Wildman–Crippen MR) is 92.8 cm³/mol. The number of hydrogen-bond acceptors (Lipinski definition) is 2. The minimum absolute atomic E-state index is 0.0270. The van der Waals surface area contributed by atoms with Crippen LogP contribution in [-0.4, -0.2) is 24.8 Å². The Hall–Kier alpha value is -0.380. The van der Waals surface area contributed by atoms with Crippen LogP contribution < -0.4 is 5.32 Å². The molecule has 2 nitrogen and oxygen atoms in total. The van der Waals surface area contributed by atoms with Crippen molar-refractivity contribution in [2.75, 3.05) is 13.2 Å². The first-order valence-corrected chi connectivity index (χ1v) is 9.12. The van der Waals surface area contributed by atoms with E-state index in [1.807, 2.05) is 0 Å². The molecule has 1 aromatic rings. The Labute approximate surface area is 137 Å². The Balaban J connectivity index is 2.18. The highest BCUT2D eigenvalue weighted by atomic mass is 79.9. The van der Waals surface area contributed by atoms with Crippen molar-refractivity contribution in [2.45, 2.75) is 64.0 Å². The van der Waals surface area contributed by atoms with Gasteiger partial charge in [0.15, 0.2) is 0 Å². The lowest BCUT2D eigenvalue weighted by Crippen LogP contribution is -2.52. The number of nitrogens with one attached hydrogen (secondary N) is 1. The van der Waals surface area contributed by atoms with Crippen molar-refractivity contribution in [3.8, 4) is 0 Å². The average Bonchev–Trinajstić information content (AvgIpc) is 2.95. The summed E-state index contributed by atoms with van der Waals surface area (Å²) in [7, 11) is 0. The Morgan fingerprint density at radius 3 is 2.57 bits per heavy atom. The molecule has 2 rings (SSSR count). The molecule has 1 aliphatic rings. The quantitative estimate of drug-likeness (QED) is 0.730. The molecule has 0 radical (unpaired) electrons. The molecule has 0 aliphatic heterocycles. The summed E-state index contributed by atoms with van der Waals surface area (Å²) < 4.78 is 7.49. The number of halogens is 1. The van der Waals surface area contributed by atoms with Crippen molar-refractivity contribution >= 4 is 15.9 Å². The lowest BCUT2D eigenvalue weighted by molar-refractivity contribution is -0.0612. The van der Waals surface area contributed by atoms with Gasteiger partial charge < -0.3 is 10.1 Å². The first-order chi connectivity index (χ1) is 10.2. The maximum absolute atomic E-state index is 6.28. The fraction of sp³-hybridized carbons (Fsp3) is 0.667. The highest BCUT2D eigenvalue weighted by molar-refractivity contribution is 9.10. The fourth-order valence-corrected chi connectivity index (χ4v) is 3.95. The minimum atomic E-state index is 0.0270. The third-order valence-corrected chi connectivity index (χ3v) is 5.31. The van der Waals surface area contributed by atoms with E-state index in [9.17, 15) is 0 Å². The van der Waals surface area contributed by atoms with Crippen LogP contribution in [0.4, 0.5) is 0 Å². The molecule has 0 saturated heterocycles. The van der Waals surface area contributed by atoms with E-state index in [4.69, 9.17) is 4.74 Å². The van der Waals surface area contributed by atoms with Crippen LogP contribution in [0, 0.1) is 0 Å². The standard InChI is InChI=1S/C18H28BrNO/c1-3-13-20-17(14-15-9-5-6-10-16(15)19)18(21-4-2)11-7-8-12-18/h5-6,9-10,17,20H,3-4,7-8,11-14H2,1-2H3. The largest absolute Gasteiger partial charge is 0.374 e. The molecule has 3 heteroatoms. The maximum Gasteiger partial charge on any atom is 0.0837 e. The third-order valence-electron chi connectivity index (χ3n) is 4.54. The molecular formula is C18H28BrNO. The van der Waals surface area contributed by atoms with Crippen molar-refractivity contribution in [1.29, 1.82) is 0 Å². The second kappa shape index (κ2) is 8.30. The fourth-order valence-electron chi connectivity index (χ4n) is 3.50. The predicted octanol–water partition coefficient (Wildman–Crippen LogP) is 4.71. The van der Waals surface area contributed by atoms with Gasteiger partial charge in [-0.3, -0.25) is 0 Å². The van der Waals surface area contributed by atoms with Gasteiger partial charge in [-0.05, 0) is 50.8 Å². The van der Waals surface area contributed by atoms with Crippen molar-refractivity contribution in [2.24, 2.45) is 0 Å². The summed E-state index contributed by atoms with van der Waals surface area (Å²) >= 11 is 3.69. The molecule has 0 heterocycles. The molecule has 118 valence electrons. The molecule has 1 fully saturated rings. The smallest absolute Gasteiger partial charge is 0.0837 e. The van der Waals surface area contributed by atoms with Gasteiger partial charge in [0.05, 0.1) is 5.60 Å². The molecular weight excluding hydrogens is 326 g/mol. The van der Waals surface area contributed by atoms with Gasteiger partial charge in [0.1, 0.15) is 0 Å². The van der Waals surface area contributed by atoms with Crippen LogP contribution in [0.25, 0.3) is 0 Å². The number of rotatable bonds is 8. The molecule has 1 N–H and O–H groups in total. The van der Waals surface area contributed by atoms with E-state index in [0.29, 0.717) is 6.04 Å². The van der Waals surface area contributed by atoms with Crippen LogP contribution in [0.2, 0.25) is 0 Å². The molecule has 1 aromatic carbocycles. The molecule has 1 unspecified atom stereocenters. The summed E-state index contributed by atoms with van der Waals surface area (Å²) in [6.07, 6.45) is 7.15. The molecule has 0 spiro atoms. The Morgan fingerprint density at radius 2 is 1.95 bits per heavy atom. The second-order valence-corrected chi connectivity index (χ2v) is 6.86. The zero-order valence-corrected chi connectivity index (χ0v) is 14.9. The molecule has 0 bridgehead atoms. The Kier molecular flexibility index (Phi) is 6.72. The van der Waals surface area contributed by atoms with Crippen LogP contribution in [0.1, 0.15) is 51.5 Å². The first kappa shape index (κ1) is 17.0. The molecule has 1 aliphatic carbocycles. The summed E-state index contributed by atoms with van der Waals surface area (Å²) in [4.78, 5) is 0. The van der Waals surface area contributed by atoms with E-state index >= 15 is 0 Å². The highest BCUT2D eigenvalue weighted by Gasteiger charge is 2.41. The zero-order valence-electron chi connectivity index (χ0n) is 13.3. The van der Waals surface area contributed by atoms with Crippen molar-refractivity contribution < 1.29 is 4.74 Å². The number of ether oxygens (including phenoxy) is 1. The summed E-state index contributed by atoms with van der Waals surface area (Å²) in [5, 5.41) is 3.77. The molecule has 21 heavy (non-hydrogen) atoms.